The Labute approximate surface area is 87.8 Å². The molecule has 0 radical (unpaired) electrons. The van der Waals surface area contributed by atoms with Crippen LogP contribution in [0.2, 0.25) is 0 Å². The van der Waals surface area contributed by atoms with Gasteiger partial charge in [-0.1, -0.05) is 46.8 Å². The highest BCUT2D eigenvalue weighted by Crippen LogP contribution is 2.21. The monoisotopic (exact) mass is 194 g/mol. The Morgan fingerprint density at radius 1 is 1.00 bits per heavy atom. The lowest BCUT2D eigenvalue weighted by atomic mass is 9.88. The van der Waals surface area contributed by atoms with E-state index in [1.54, 1.807) is 12.1 Å². The van der Waals surface area contributed by atoms with Gasteiger partial charge >= 0.3 is 0 Å². The molecule has 0 amide bonds. The first-order valence-electron chi connectivity index (χ1n) is 5.25. The molecule has 0 heterocycles. The van der Waals surface area contributed by atoms with Crippen molar-refractivity contribution in [3.63, 3.8) is 0 Å². The Bertz CT molecular complexity index is 241. The molecule has 0 fully saturated rings. The van der Waals surface area contributed by atoms with Crippen LogP contribution in [-0.4, -0.2) is 5.11 Å². The summed E-state index contributed by atoms with van der Waals surface area (Å²) in [5, 5.41) is 9.05. The topological polar surface area (TPSA) is 20.2 Å². The SMILES string of the molecule is CC.CC(C)(C)Cc1ccc(O)cc1. The zero-order valence-corrected chi connectivity index (χ0v) is 9.96. The first kappa shape index (κ1) is 13.0. The van der Waals surface area contributed by atoms with Crippen molar-refractivity contribution in [2.24, 2.45) is 5.41 Å². The van der Waals surface area contributed by atoms with E-state index in [1.165, 1.54) is 5.56 Å². The van der Waals surface area contributed by atoms with Crippen molar-refractivity contribution in [3.05, 3.63) is 29.8 Å². The Balaban J connectivity index is 0.000000791. The molecule has 0 saturated carbocycles. The van der Waals surface area contributed by atoms with Crippen molar-refractivity contribution in [3.8, 4) is 5.75 Å². The summed E-state index contributed by atoms with van der Waals surface area (Å²) in [6.07, 6.45) is 1.05. The molecule has 0 saturated heterocycles. The quantitative estimate of drug-likeness (QED) is 0.716. The predicted molar refractivity (Wildman–Crippen MR) is 62.6 cm³/mol. The molecule has 1 aromatic rings. The highest BCUT2D eigenvalue weighted by Gasteiger charge is 2.10. The maximum atomic E-state index is 9.05. The third kappa shape index (κ3) is 5.63. The number of rotatable bonds is 1. The Hall–Kier alpha value is -0.980. The van der Waals surface area contributed by atoms with Crippen LogP contribution in [0.3, 0.4) is 0 Å². The van der Waals surface area contributed by atoms with Gasteiger partial charge in [0.05, 0.1) is 0 Å². The predicted octanol–water partition coefficient (Wildman–Crippen LogP) is 4.01. The summed E-state index contributed by atoms with van der Waals surface area (Å²) in [7, 11) is 0. The molecule has 14 heavy (non-hydrogen) atoms. The molecular weight excluding hydrogens is 172 g/mol. The van der Waals surface area contributed by atoms with Gasteiger partial charge in [0.25, 0.3) is 0 Å². The van der Waals surface area contributed by atoms with E-state index in [9.17, 15) is 0 Å². The third-order valence-corrected chi connectivity index (χ3v) is 1.67. The van der Waals surface area contributed by atoms with Gasteiger partial charge in [-0.3, -0.25) is 0 Å². The highest BCUT2D eigenvalue weighted by molar-refractivity contribution is 5.26. The summed E-state index contributed by atoms with van der Waals surface area (Å²) in [6.45, 7) is 10.6. The molecule has 0 atom stereocenters. The number of phenols is 1. The van der Waals surface area contributed by atoms with Crippen molar-refractivity contribution >= 4 is 0 Å². The summed E-state index contributed by atoms with van der Waals surface area (Å²) >= 11 is 0. The average molecular weight is 194 g/mol. The summed E-state index contributed by atoms with van der Waals surface area (Å²) in [5.41, 5.74) is 1.59. The molecule has 1 N–H and O–H groups in total. The first-order valence-corrected chi connectivity index (χ1v) is 5.25. The second-order valence-electron chi connectivity index (χ2n) is 4.40. The van der Waals surface area contributed by atoms with E-state index in [0.717, 1.165) is 6.42 Å². The lowest BCUT2D eigenvalue weighted by molar-refractivity contribution is 0.410. The van der Waals surface area contributed by atoms with Crippen LogP contribution in [0, 0.1) is 5.41 Å². The van der Waals surface area contributed by atoms with E-state index < -0.39 is 0 Å². The van der Waals surface area contributed by atoms with Gasteiger partial charge in [-0.2, -0.15) is 0 Å². The minimum absolute atomic E-state index is 0.316. The molecule has 0 aliphatic rings. The van der Waals surface area contributed by atoms with Gasteiger partial charge in [-0.05, 0) is 29.5 Å². The van der Waals surface area contributed by atoms with Crippen LogP contribution in [0.4, 0.5) is 0 Å². The smallest absolute Gasteiger partial charge is 0.115 e. The minimum Gasteiger partial charge on any atom is -0.508 e. The third-order valence-electron chi connectivity index (χ3n) is 1.67. The number of hydrogen-bond acceptors (Lipinski definition) is 1. The van der Waals surface area contributed by atoms with Crippen molar-refractivity contribution < 1.29 is 5.11 Å². The van der Waals surface area contributed by atoms with E-state index in [4.69, 9.17) is 5.11 Å². The van der Waals surface area contributed by atoms with Gasteiger partial charge in [0.2, 0.25) is 0 Å². The molecule has 0 spiro atoms. The van der Waals surface area contributed by atoms with Crippen LogP contribution >= 0.6 is 0 Å². The summed E-state index contributed by atoms with van der Waals surface area (Å²) in [4.78, 5) is 0. The fraction of sp³-hybridized carbons (Fsp3) is 0.538. The Kier molecular flexibility index (Phi) is 5.29. The number of aromatic hydroxyl groups is 1. The molecule has 80 valence electrons. The summed E-state index contributed by atoms with van der Waals surface area (Å²) < 4.78 is 0. The fourth-order valence-corrected chi connectivity index (χ4v) is 1.23. The van der Waals surface area contributed by atoms with Crippen molar-refractivity contribution in [1.82, 2.24) is 0 Å². The zero-order chi connectivity index (χ0) is 11.2. The Morgan fingerprint density at radius 2 is 1.43 bits per heavy atom. The number of hydrogen-bond donors (Lipinski definition) is 1. The zero-order valence-electron chi connectivity index (χ0n) is 9.96. The van der Waals surface area contributed by atoms with Gasteiger partial charge in [-0.15, -0.1) is 0 Å². The lowest BCUT2D eigenvalue weighted by Gasteiger charge is -2.17. The van der Waals surface area contributed by atoms with Crippen LogP contribution in [0.5, 0.6) is 5.75 Å². The molecule has 1 aromatic carbocycles. The normalized spacial score (nSPS) is 10.4. The van der Waals surface area contributed by atoms with Crippen LogP contribution in [-0.2, 0) is 6.42 Å². The number of benzene rings is 1. The summed E-state index contributed by atoms with van der Waals surface area (Å²) in [6, 6.07) is 7.42. The second kappa shape index (κ2) is 5.69. The largest absolute Gasteiger partial charge is 0.508 e. The molecule has 0 aliphatic carbocycles. The standard InChI is InChI=1S/C11H16O.C2H6/c1-11(2,3)8-9-4-6-10(12)7-5-9;1-2/h4-7,12H,8H2,1-3H3;1-2H3. The molecular formula is C13H22O. The van der Waals surface area contributed by atoms with Gasteiger partial charge in [0, 0.05) is 0 Å². The van der Waals surface area contributed by atoms with Crippen molar-refractivity contribution in [2.45, 2.75) is 41.0 Å². The first-order chi connectivity index (χ1) is 6.47. The lowest BCUT2D eigenvalue weighted by Crippen LogP contribution is -2.08. The molecule has 1 heteroatoms. The molecule has 0 unspecified atom stereocenters. The van der Waals surface area contributed by atoms with Crippen LogP contribution in [0.15, 0.2) is 24.3 Å². The van der Waals surface area contributed by atoms with Crippen molar-refractivity contribution in [1.29, 1.82) is 0 Å². The second-order valence-corrected chi connectivity index (χ2v) is 4.40. The highest BCUT2D eigenvalue weighted by atomic mass is 16.3. The molecule has 1 rings (SSSR count). The van der Waals surface area contributed by atoms with Crippen molar-refractivity contribution in [2.75, 3.05) is 0 Å². The fourth-order valence-electron chi connectivity index (χ4n) is 1.23. The Morgan fingerprint density at radius 3 is 1.79 bits per heavy atom. The molecule has 0 aromatic heterocycles. The van der Waals surface area contributed by atoms with Gasteiger partial charge in [0.15, 0.2) is 0 Å². The van der Waals surface area contributed by atoms with Crippen LogP contribution in [0.25, 0.3) is 0 Å². The molecule has 1 nitrogen and oxygen atoms in total. The summed E-state index contributed by atoms with van der Waals surface area (Å²) in [5.74, 6) is 0.340. The maximum absolute atomic E-state index is 9.05. The van der Waals surface area contributed by atoms with Gasteiger partial charge < -0.3 is 5.11 Å². The van der Waals surface area contributed by atoms with Crippen LogP contribution < -0.4 is 0 Å². The molecule has 0 bridgehead atoms. The average Bonchev–Trinajstić information content (AvgIpc) is 2.10. The van der Waals surface area contributed by atoms with Gasteiger partial charge in [-0.25, -0.2) is 0 Å². The van der Waals surface area contributed by atoms with Crippen LogP contribution in [0.1, 0.15) is 40.2 Å². The van der Waals surface area contributed by atoms with Gasteiger partial charge in [0.1, 0.15) is 5.75 Å². The molecule has 0 aliphatic heterocycles. The van der Waals surface area contributed by atoms with E-state index in [0.29, 0.717) is 11.2 Å². The number of phenolic OH excluding ortho intramolecular Hbond substituents is 1. The van der Waals surface area contributed by atoms with E-state index in [2.05, 4.69) is 20.8 Å². The van der Waals surface area contributed by atoms with E-state index in [1.807, 2.05) is 26.0 Å². The maximum Gasteiger partial charge on any atom is 0.115 e. The van der Waals surface area contributed by atoms with E-state index >= 15 is 0 Å². The minimum atomic E-state index is 0.316. The van der Waals surface area contributed by atoms with E-state index in [-0.39, 0.29) is 0 Å².